The summed E-state index contributed by atoms with van der Waals surface area (Å²) in [5.74, 6) is -0.342. The van der Waals surface area contributed by atoms with Crippen molar-refractivity contribution < 1.29 is 32.8 Å². The van der Waals surface area contributed by atoms with Crippen molar-refractivity contribution in [3.63, 3.8) is 0 Å². The number of nitrogens with two attached hydrogens (primary N) is 1. The van der Waals surface area contributed by atoms with Crippen LogP contribution in [0.25, 0.3) is 0 Å². The summed E-state index contributed by atoms with van der Waals surface area (Å²) >= 11 is 0. The highest BCUT2D eigenvalue weighted by molar-refractivity contribution is 7.47. The van der Waals surface area contributed by atoms with Crippen molar-refractivity contribution in [3.05, 3.63) is 24.3 Å². The monoisotopic (exact) mass is 716 g/mol. The lowest BCUT2D eigenvalue weighted by atomic mass is 10.0. The second-order valence-corrected chi connectivity index (χ2v) is 15.0. The lowest BCUT2D eigenvalue weighted by molar-refractivity contribution is -0.154. The standard InChI is InChI=1S/C40H78NO7P/c1-3-5-7-9-11-13-15-17-19-20-21-23-25-27-29-31-33-40(42)48-39(38-47-49(43,44)46-36-34-41)37-45-35-32-30-28-26-24-22-18-16-14-12-10-8-6-4-2/h13,15,19-20,39H,3-12,14,16-18,21-38,41H2,1-2H3,(H,43,44)/b15-13-,20-19-. The second kappa shape index (κ2) is 38.2. The highest BCUT2D eigenvalue weighted by Gasteiger charge is 2.25. The molecule has 0 bridgehead atoms. The number of allylic oxidation sites excluding steroid dienone is 4. The van der Waals surface area contributed by atoms with Gasteiger partial charge in [-0.25, -0.2) is 4.57 Å². The van der Waals surface area contributed by atoms with Crippen LogP contribution in [0.15, 0.2) is 24.3 Å². The third-order valence-corrected chi connectivity index (χ3v) is 9.61. The van der Waals surface area contributed by atoms with Crippen molar-refractivity contribution in [3.8, 4) is 0 Å². The first-order valence-electron chi connectivity index (χ1n) is 20.3. The molecule has 9 heteroatoms. The number of carbonyl (C=O) groups is 1. The molecule has 2 unspecified atom stereocenters. The zero-order valence-electron chi connectivity index (χ0n) is 31.9. The number of rotatable bonds is 39. The van der Waals surface area contributed by atoms with E-state index in [4.69, 9.17) is 24.3 Å². The third kappa shape index (κ3) is 38.1. The van der Waals surface area contributed by atoms with Crippen molar-refractivity contribution in [2.24, 2.45) is 5.73 Å². The maximum atomic E-state index is 12.5. The van der Waals surface area contributed by atoms with Crippen LogP contribution in [-0.2, 0) is 27.9 Å². The van der Waals surface area contributed by atoms with Crippen LogP contribution in [-0.4, -0.2) is 49.9 Å². The first-order chi connectivity index (χ1) is 23.9. The Kier molecular flexibility index (Phi) is 37.4. The summed E-state index contributed by atoms with van der Waals surface area (Å²) in [5, 5.41) is 0. The van der Waals surface area contributed by atoms with E-state index in [9.17, 15) is 14.3 Å². The Morgan fingerprint density at radius 1 is 0.612 bits per heavy atom. The molecule has 0 aliphatic heterocycles. The van der Waals surface area contributed by atoms with Crippen molar-refractivity contribution in [2.75, 3.05) is 33.0 Å². The van der Waals surface area contributed by atoms with Crippen LogP contribution < -0.4 is 5.73 Å². The molecule has 0 saturated heterocycles. The van der Waals surface area contributed by atoms with Gasteiger partial charge in [-0.15, -0.1) is 0 Å². The lowest BCUT2D eigenvalue weighted by Gasteiger charge is -2.20. The molecular formula is C40H78NO7P. The zero-order valence-corrected chi connectivity index (χ0v) is 32.8. The zero-order chi connectivity index (χ0) is 35.9. The smallest absolute Gasteiger partial charge is 0.457 e. The van der Waals surface area contributed by atoms with Crippen LogP contribution >= 0.6 is 7.82 Å². The summed E-state index contributed by atoms with van der Waals surface area (Å²) < 4.78 is 33.3. The van der Waals surface area contributed by atoms with Gasteiger partial charge in [0.25, 0.3) is 0 Å². The Balaban J connectivity index is 4.08. The van der Waals surface area contributed by atoms with Gasteiger partial charge in [-0.1, -0.05) is 160 Å². The first kappa shape index (κ1) is 48.0. The van der Waals surface area contributed by atoms with E-state index in [1.807, 2.05) is 0 Å². The Labute approximate surface area is 302 Å². The van der Waals surface area contributed by atoms with Crippen molar-refractivity contribution >= 4 is 13.8 Å². The minimum Gasteiger partial charge on any atom is -0.457 e. The van der Waals surface area contributed by atoms with Crippen LogP contribution in [0, 0.1) is 0 Å². The molecule has 0 aromatic rings. The minimum absolute atomic E-state index is 0.0965. The Hall–Kier alpha value is -1.02. The highest BCUT2D eigenvalue weighted by Crippen LogP contribution is 2.43. The topological polar surface area (TPSA) is 117 Å². The van der Waals surface area contributed by atoms with Gasteiger partial charge in [0.2, 0.25) is 0 Å². The van der Waals surface area contributed by atoms with Gasteiger partial charge in [0.1, 0.15) is 6.10 Å². The van der Waals surface area contributed by atoms with Crippen molar-refractivity contribution in [2.45, 2.75) is 193 Å². The largest absolute Gasteiger partial charge is 0.472 e. The summed E-state index contributed by atoms with van der Waals surface area (Å²) in [7, 11) is -4.27. The van der Waals surface area contributed by atoms with Crippen LogP contribution in [0.2, 0.25) is 0 Å². The van der Waals surface area contributed by atoms with Gasteiger partial charge in [-0.05, 0) is 44.9 Å². The fourth-order valence-corrected chi connectivity index (χ4v) is 6.38. The minimum atomic E-state index is -4.27. The maximum Gasteiger partial charge on any atom is 0.472 e. The molecule has 3 N–H and O–H groups in total. The van der Waals surface area contributed by atoms with E-state index >= 15 is 0 Å². The Morgan fingerprint density at radius 3 is 1.61 bits per heavy atom. The van der Waals surface area contributed by atoms with E-state index < -0.39 is 13.9 Å². The van der Waals surface area contributed by atoms with E-state index in [-0.39, 0.29) is 32.3 Å². The Bertz CT molecular complexity index is 807. The fourth-order valence-electron chi connectivity index (χ4n) is 5.61. The van der Waals surface area contributed by atoms with Gasteiger partial charge in [-0.3, -0.25) is 13.8 Å². The summed E-state index contributed by atoms with van der Waals surface area (Å²) in [5.41, 5.74) is 5.36. The number of esters is 1. The molecule has 0 radical (unpaired) electrons. The molecule has 290 valence electrons. The third-order valence-electron chi connectivity index (χ3n) is 8.62. The molecule has 0 aliphatic carbocycles. The summed E-state index contributed by atoms with van der Waals surface area (Å²) in [6.45, 7) is 4.91. The van der Waals surface area contributed by atoms with Gasteiger partial charge in [0, 0.05) is 19.6 Å². The molecule has 0 saturated carbocycles. The molecular weight excluding hydrogens is 637 g/mol. The van der Waals surface area contributed by atoms with Crippen molar-refractivity contribution in [1.82, 2.24) is 0 Å². The van der Waals surface area contributed by atoms with Crippen LogP contribution in [0.4, 0.5) is 0 Å². The lowest BCUT2D eigenvalue weighted by Crippen LogP contribution is -2.28. The molecule has 2 atom stereocenters. The summed E-state index contributed by atoms with van der Waals surface area (Å²) in [4.78, 5) is 22.4. The number of unbranched alkanes of at least 4 members (excludes halogenated alkanes) is 22. The average molecular weight is 716 g/mol. The molecule has 0 aromatic carbocycles. The van der Waals surface area contributed by atoms with Gasteiger partial charge < -0.3 is 20.1 Å². The molecule has 0 aromatic heterocycles. The number of ether oxygens (including phenoxy) is 2. The number of hydrogen-bond acceptors (Lipinski definition) is 7. The number of phosphoric acid groups is 1. The molecule has 0 aliphatic rings. The Morgan fingerprint density at radius 2 is 1.08 bits per heavy atom. The van der Waals surface area contributed by atoms with E-state index in [0.717, 1.165) is 57.8 Å². The first-order valence-corrected chi connectivity index (χ1v) is 21.8. The normalized spacial score (nSPS) is 13.8. The highest BCUT2D eigenvalue weighted by atomic mass is 31.2. The number of hydrogen-bond donors (Lipinski definition) is 2. The molecule has 0 fully saturated rings. The van der Waals surface area contributed by atoms with E-state index in [0.29, 0.717) is 13.0 Å². The summed E-state index contributed by atoms with van der Waals surface area (Å²) in [6, 6.07) is 0. The van der Waals surface area contributed by atoms with E-state index in [1.165, 1.54) is 109 Å². The average Bonchev–Trinajstić information content (AvgIpc) is 3.09. The quantitative estimate of drug-likeness (QED) is 0.0279. The van der Waals surface area contributed by atoms with Gasteiger partial charge in [-0.2, -0.15) is 0 Å². The second-order valence-electron chi connectivity index (χ2n) is 13.5. The summed E-state index contributed by atoms with van der Waals surface area (Å²) in [6.07, 6.45) is 40.4. The molecule has 0 spiro atoms. The fraction of sp³-hybridized carbons (Fsp3) is 0.875. The molecule has 0 heterocycles. The van der Waals surface area contributed by atoms with Gasteiger partial charge >= 0.3 is 13.8 Å². The van der Waals surface area contributed by atoms with Crippen molar-refractivity contribution in [1.29, 1.82) is 0 Å². The van der Waals surface area contributed by atoms with Crippen LogP contribution in [0.3, 0.4) is 0 Å². The van der Waals surface area contributed by atoms with E-state index in [1.54, 1.807) is 0 Å². The van der Waals surface area contributed by atoms with Gasteiger partial charge in [0.15, 0.2) is 0 Å². The maximum absolute atomic E-state index is 12.5. The van der Waals surface area contributed by atoms with Crippen LogP contribution in [0.1, 0.15) is 187 Å². The molecule has 8 nitrogen and oxygen atoms in total. The van der Waals surface area contributed by atoms with E-state index in [2.05, 4.69) is 38.2 Å². The van der Waals surface area contributed by atoms with Gasteiger partial charge in [0.05, 0.1) is 19.8 Å². The molecule has 0 amide bonds. The SMILES string of the molecule is CCCCCC/C=C\C/C=C\CCCCCCCC(=O)OC(COCCCCCCCCCCCCCCCC)COP(=O)(O)OCCN. The predicted octanol–water partition coefficient (Wildman–Crippen LogP) is 11.7. The molecule has 0 rings (SSSR count). The number of phosphoric ester groups is 1. The number of carbonyl (C=O) groups excluding carboxylic acids is 1. The van der Waals surface area contributed by atoms with Crippen LogP contribution in [0.5, 0.6) is 0 Å². The molecule has 49 heavy (non-hydrogen) atoms. The predicted molar refractivity (Wildman–Crippen MR) is 206 cm³/mol.